The molecule has 72 valence electrons. The summed E-state index contributed by atoms with van der Waals surface area (Å²) in [6.07, 6.45) is 2.65. The maximum absolute atomic E-state index is 5.81. The first-order chi connectivity index (χ1) is 5.74. The first kappa shape index (κ1) is 9.92. The van der Waals surface area contributed by atoms with Crippen LogP contribution in [0.15, 0.2) is 0 Å². The van der Waals surface area contributed by atoms with E-state index in [4.69, 9.17) is 5.73 Å². The van der Waals surface area contributed by atoms with Gasteiger partial charge in [0.15, 0.2) is 0 Å². The summed E-state index contributed by atoms with van der Waals surface area (Å²) < 4.78 is 0. The molecular formula is C8H20N4. The number of piperidine rings is 1. The van der Waals surface area contributed by atoms with Crippen molar-refractivity contribution in [2.24, 2.45) is 5.73 Å². The van der Waals surface area contributed by atoms with Gasteiger partial charge >= 0.3 is 0 Å². The highest BCUT2D eigenvalue weighted by molar-refractivity contribution is 4.75. The Morgan fingerprint density at radius 3 is 2.50 bits per heavy atom. The van der Waals surface area contributed by atoms with Gasteiger partial charge in [0.05, 0.1) is 6.17 Å². The molecule has 1 aliphatic rings. The number of nitrogens with two attached hydrogens (primary N) is 1. The minimum atomic E-state index is 0.405. The van der Waals surface area contributed by atoms with Gasteiger partial charge in [-0.3, -0.25) is 10.3 Å². The van der Waals surface area contributed by atoms with E-state index < -0.39 is 0 Å². The van der Waals surface area contributed by atoms with Crippen LogP contribution < -0.4 is 16.6 Å². The van der Waals surface area contributed by atoms with E-state index in [2.05, 4.69) is 22.7 Å². The third-order valence-electron chi connectivity index (χ3n) is 2.48. The van der Waals surface area contributed by atoms with Crippen LogP contribution in [0.5, 0.6) is 0 Å². The smallest absolute Gasteiger partial charge is 0.0700 e. The van der Waals surface area contributed by atoms with Crippen LogP contribution in [0.25, 0.3) is 0 Å². The predicted molar refractivity (Wildman–Crippen MR) is 50.4 cm³/mol. The van der Waals surface area contributed by atoms with Gasteiger partial charge in [-0.25, -0.2) is 5.43 Å². The van der Waals surface area contributed by atoms with Crippen molar-refractivity contribution in [3.63, 3.8) is 0 Å². The van der Waals surface area contributed by atoms with Crippen LogP contribution in [-0.4, -0.2) is 37.2 Å². The van der Waals surface area contributed by atoms with Crippen molar-refractivity contribution in [1.29, 1.82) is 0 Å². The second-order valence-corrected chi connectivity index (χ2v) is 3.44. The Labute approximate surface area is 74.5 Å². The lowest BCUT2D eigenvalue weighted by Crippen LogP contribution is -2.52. The van der Waals surface area contributed by atoms with Gasteiger partial charge in [-0.05, 0) is 26.8 Å². The molecule has 4 N–H and O–H groups in total. The van der Waals surface area contributed by atoms with Crippen LogP contribution in [0.1, 0.15) is 19.8 Å². The number of likely N-dealkylation sites (tertiary alicyclic amines) is 1. The van der Waals surface area contributed by atoms with Gasteiger partial charge in [-0.15, -0.1) is 0 Å². The fourth-order valence-corrected chi connectivity index (χ4v) is 1.61. The zero-order valence-electron chi connectivity index (χ0n) is 8.01. The SMILES string of the molecule is CNNC(C)N1CCC(N)CC1. The third-order valence-corrected chi connectivity index (χ3v) is 2.48. The first-order valence-electron chi connectivity index (χ1n) is 4.66. The maximum Gasteiger partial charge on any atom is 0.0700 e. The Kier molecular flexibility index (Phi) is 3.94. The highest BCUT2D eigenvalue weighted by atomic mass is 15.4. The van der Waals surface area contributed by atoms with Crippen LogP contribution in [-0.2, 0) is 0 Å². The minimum Gasteiger partial charge on any atom is -0.328 e. The Morgan fingerprint density at radius 1 is 1.42 bits per heavy atom. The molecule has 1 aliphatic heterocycles. The summed E-state index contributed by atoms with van der Waals surface area (Å²) in [7, 11) is 1.90. The molecule has 0 aromatic heterocycles. The zero-order chi connectivity index (χ0) is 8.97. The predicted octanol–water partition coefficient (Wildman–Crippen LogP) is -0.520. The number of rotatable bonds is 3. The van der Waals surface area contributed by atoms with E-state index in [1.54, 1.807) is 0 Å². The summed E-state index contributed by atoms with van der Waals surface area (Å²) in [5.41, 5.74) is 11.9. The monoisotopic (exact) mass is 172 g/mol. The summed E-state index contributed by atoms with van der Waals surface area (Å²) in [4.78, 5) is 2.40. The molecule has 0 aromatic rings. The normalized spacial score (nSPS) is 24.2. The molecule has 1 atom stereocenters. The van der Waals surface area contributed by atoms with Crippen LogP contribution in [0.4, 0.5) is 0 Å². The summed E-state index contributed by atoms with van der Waals surface area (Å²) >= 11 is 0. The van der Waals surface area contributed by atoms with Gasteiger partial charge in [-0.2, -0.15) is 0 Å². The van der Waals surface area contributed by atoms with Crippen LogP contribution in [0.2, 0.25) is 0 Å². The minimum absolute atomic E-state index is 0.405. The molecule has 1 heterocycles. The summed E-state index contributed by atoms with van der Waals surface area (Å²) in [5.74, 6) is 0. The summed E-state index contributed by atoms with van der Waals surface area (Å²) in [5, 5.41) is 0. The highest BCUT2D eigenvalue weighted by Crippen LogP contribution is 2.09. The number of hydrazine groups is 1. The van der Waals surface area contributed by atoms with Gasteiger partial charge in [0.1, 0.15) is 0 Å². The van der Waals surface area contributed by atoms with Gasteiger partial charge in [-0.1, -0.05) is 0 Å². The molecule has 4 heteroatoms. The van der Waals surface area contributed by atoms with Crippen LogP contribution in [0.3, 0.4) is 0 Å². The zero-order valence-corrected chi connectivity index (χ0v) is 8.01. The molecule has 0 aromatic carbocycles. The molecule has 1 saturated heterocycles. The Morgan fingerprint density at radius 2 is 2.00 bits per heavy atom. The van der Waals surface area contributed by atoms with Crippen LogP contribution >= 0.6 is 0 Å². The molecular weight excluding hydrogens is 152 g/mol. The molecule has 0 bridgehead atoms. The molecule has 1 unspecified atom stereocenters. The first-order valence-corrected chi connectivity index (χ1v) is 4.66. The van der Waals surface area contributed by atoms with Crippen molar-refractivity contribution >= 4 is 0 Å². The molecule has 0 spiro atoms. The van der Waals surface area contributed by atoms with E-state index in [1.165, 1.54) is 0 Å². The van der Waals surface area contributed by atoms with Crippen molar-refractivity contribution in [3.05, 3.63) is 0 Å². The topological polar surface area (TPSA) is 53.3 Å². The van der Waals surface area contributed by atoms with E-state index in [9.17, 15) is 0 Å². The van der Waals surface area contributed by atoms with Crippen molar-refractivity contribution < 1.29 is 0 Å². The van der Waals surface area contributed by atoms with Gasteiger partial charge in [0, 0.05) is 19.1 Å². The van der Waals surface area contributed by atoms with Gasteiger partial charge < -0.3 is 5.73 Å². The fraction of sp³-hybridized carbons (Fsp3) is 1.00. The number of nitrogens with one attached hydrogen (secondary N) is 2. The Balaban J connectivity index is 2.24. The second kappa shape index (κ2) is 4.77. The molecule has 0 saturated carbocycles. The Bertz CT molecular complexity index is 120. The standard InChI is InChI=1S/C8H20N4/c1-7(11-10-2)12-5-3-8(9)4-6-12/h7-8,10-11H,3-6,9H2,1-2H3. The molecule has 1 rings (SSSR count). The highest BCUT2D eigenvalue weighted by Gasteiger charge is 2.19. The Hall–Kier alpha value is -0.160. The molecule has 4 nitrogen and oxygen atoms in total. The molecule has 1 fully saturated rings. The average Bonchev–Trinajstić information content (AvgIpc) is 2.06. The van der Waals surface area contributed by atoms with Crippen molar-refractivity contribution in [2.45, 2.75) is 32.0 Å². The lowest BCUT2D eigenvalue weighted by atomic mass is 10.1. The van der Waals surface area contributed by atoms with Crippen LogP contribution in [0, 0.1) is 0 Å². The van der Waals surface area contributed by atoms with Crippen molar-refractivity contribution in [1.82, 2.24) is 15.8 Å². The van der Waals surface area contributed by atoms with E-state index in [-0.39, 0.29) is 0 Å². The molecule has 0 aliphatic carbocycles. The quantitative estimate of drug-likeness (QED) is 0.501. The average molecular weight is 172 g/mol. The maximum atomic E-state index is 5.81. The second-order valence-electron chi connectivity index (χ2n) is 3.44. The number of hydrogen-bond acceptors (Lipinski definition) is 4. The van der Waals surface area contributed by atoms with Crippen molar-refractivity contribution in [3.8, 4) is 0 Å². The lowest BCUT2D eigenvalue weighted by Gasteiger charge is -2.34. The van der Waals surface area contributed by atoms with E-state index in [0.29, 0.717) is 12.2 Å². The summed E-state index contributed by atoms with van der Waals surface area (Å²) in [6, 6.07) is 0.419. The number of hydrogen-bond donors (Lipinski definition) is 3. The van der Waals surface area contributed by atoms with E-state index in [1.807, 2.05) is 7.05 Å². The van der Waals surface area contributed by atoms with E-state index >= 15 is 0 Å². The third kappa shape index (κ3) is 2.71. The summed E-state index contributed by atoms with van der Waals surface area (Å²) in [6.45, 7) is 4.38. The van der Waals surface area contributed by atoms with Gasteiger partial charge in [0.25, 0.3) is 0 Å². The number of nitrogens with zero attached hydrogens (tertiary/aromatic N) is 1. The fourth-order valence-electron chi connectivity index (χ4n) is 1.61. The van der Waals surface area contributed by atoms with E-state index in [0.717, 1.165) is 25.9 Å². The van der Waals surface area contributed by atoms with Crippen molar-refractivity contribution in [2.75, 3.05) is 20.1 Å². The largest absolute Gasteiger partial charge is 0.328 e. The molecule has 0 radical (unpaired) electrons. The lowest BCUT2D eigenvalue weighted by molar-refractivity contribution is 0.130. The molecule has 12 heavy (non-hydrogen) atoms. The van der Waals surface area contributed by atoms with Gasteiger partial charge in [0.2, 0.25) is 0 Å². The molecule has 0 amide bonds.